The van der Waals surface area contributed by atoms with Crippen LogP contribution in [-0.4, -0.2) is 40.3 Å². The van der Waals surface area contributed by atoms with Gasteiger partial charge in [0.2, 0.25) is 0 Å². The van der Waals surface area contributed by atoms with E-state index in [2.05, 4.69) is 124 Å². The monoisotopic (exact) mass is 505 g/mol. The van der Waals surface area contributed by atoms with Crippen molar-refractivity contribution in [1.82, 2.24) is 14.9 Å². The molecule has 3 rings (SSSR count). The average Bonchev–Trinajstić information content (AvgIpc) is 2.82. The van der Waals surface area contributed by atoms with Gasteiger partial charge in [-0.3, -0.25) is 4.90 Å². The van der Waals surface area contributed by atoms with Gasteiger partial charge in [0, 0.05) is 43.4 Å². The molecule has 194 valence electrons. The lowest BCUT2D eigenvalue weighted by Crippen LogP contribution is -2.27. The Kier molecular flexibility index (Phi) is 10.2. The topological polar surface area (TPSA) is 53.1 Å². The summed E-state index contributed by atoms with van der Waals surface area (Å²) in [4.78, 5) is 13.6. The number of anilines is 2. The third-order valence-corrected chi connectivity index (χ3v) is 6.40. The first-order chi connectivity index (χ1) is 17.1. The van der Waals surface area contributed by atoms with E-state index in [4.69, 9.17) is 9.97 Å². The van der Waals surface area contributed by atoms with E-state index in [1.54, 1.807) is 0 Å². The zero-order chi connectivity index (χ0) is 26.0. The van der Waals surface area contributed by atoms with Crippen LogP contribution in [0.15, 0.2) is 71.6 Å². The summed E-state index contributed by atoms with van der Waals surface area (Å²) < 4.78 is 0. The van der Waals surface area contributed by atoms with Gasteiger partial charge in [0.1, 0.15) is 11.6 Å². The van der Waals surface area contributed by atoms with E-state index in [0.29, 0.717) is 0 Å². The third-order valence-electron chi connectivity index (χ3n) is 5.40. The van der Waals surface area contributed by atoms with Crippen molar-refractivity contribution in [2.24, 2.45) is 10.8 Å². The second kappa shape index (κ2) is 13.1. The predicted octanol–water partition coefficient (Wildman–Crippen LogP) is 7.19. The Balaban J connectivity index is 1.69. The van der Waals surface area contributed by atoms with E-state index >= 15 is 0 Å². The van der Waals surface area contributed by atoms with Gasteiger partial charge in [0.15, 0.2) is 0 Å². The van der Waals surface area contributed by atoms with Gasteiger partial charge in [-0.25, -0.2) is 9.97 Å². The summed E-state index contributed by atoms with van der Waals surface area (Å²) in [6.07, 6.45) is 0. The van der Waals surface area contributed by atoms with Gasteiger partial charge in [-0.15, -0.1) is 11.8 Å². The Morgan fingerprint density at radius 2 is 1.17 bits per heavy atom. The van der Waals surface area contributed by atoms with Crippen LogP contribution in [0.2, 0.25) is 0 Å². The molecule has 0 amide bonds. The van der Waals surface area contributed by atoms with E-state index in [-0.39, 0.29) is 10.8 Å². The highest BCUT2D eigenvalue weighted by atomic mass is 32.2. The molecule has 0 atom stereocenters. The molecule has 0 unspecified atom stereocenters. The van der Waals surface area contributed by atoms with Crippen LogP contribution < -0.4 is 10.6 Å². The molecular weight excluding hydrogens is 462 g/mol. The number of benzene rings is 1. The number of rotatable bonds is 12. The molecule has 0 saturated carbocycles. The Hall–Kier alpha value is -2.57. The highest BCUT2D eigenvalue weighted by molar-refractivity contribution is 7.99. The Morgan fingerprint density at radius 1 is 0.667 bits per heavy atom. The first-order valence-electron chi connectivity index (χ1n) is 12.9. The van der Waals surface area contributed by atoms with Crippen molar-refractivity contribution < 1.29 is 0 Å². The number of aromatic nitrogens is 2. The standard InChI is InChI=1S/C30H43N5S/c1-29(2,3)22-31-27-16-10-12-24(33-27)20-35(18-19-36-26-14-8-7-9-15-26)21-25-13-11-17-28(34-25)32-23-30(4,5)6/h7-17H,18-23H2,1-6H3,(H,31,33)(H,32,34). The van der Waals surface area contributed by atoms with Crippen LogP contribution in [0.5, 0.6) is 0 Å². The minimum Gasteiger partial charge on any atom is -0.370 e. The van der Waals surface area contributed by atoms with E-state index in [0.717, 1.165) is 61.5 Å². The predicted molar refractivity (Wildman–Crippen MR) is 156 cm³/mol. The van der Waals surface area contributed by atoms with Gasteiger partial charge in [-0.05, 0) is 47.2 Å². The molecule has 2 aromatic heterocycles. The van der Waals surface area contributed by atoms with Crippen LogP contribution >= 0.6 is 11.8 Å². The Labute approximate surface area is 222 Å². The lowest BCUT2D eigenvalue weighted by molar-refractivity contribution is 0.267. The lowest BCUT2D eigenvalue weighted by atomic mass is 9.97. The van der Waals surface area contributed by atoms with Crippen LogP contribution in [0.1, 0.15) is 52.9 Å². The Bertz CT molecular complexity index is 993. The van der Waals surface area contributed by atoms with Crippen LogP contribution in [0.4, 0.5) is 11.6 Å². The molecule has 0 fully saturated rings. The molecule has 2 heterocycles. The number of thioether (sulfide) groups is 1. The van der Waals surface area contributed by atoms with Crippen LogP contribution in [0, 0.1) is 10.8 Å². The van der Waals surface area contributed by atoms with Gasteiger partial charge >= 0.3 is 0 Å². The highest BCUT2D eigenvalue weighted by Crippen LogP contribution is 2.20. The Morgan fingerprint density at radius 3 is 1.64 bits per heavy atom. The number of nitrogens with one attached hydrogen (secondary N) is 2. The normalized spacial score (nSPS) is 12.1. The molecule has 0 spiro atoms. The molecule has 0 aliphatic rings. The second-order valence-electron chi connectivity index (χ2n) is 11.7. The van der Waals surface area contributed by atoms with Crippen molar-refractivity contribution in [3.63, 3.8) is 0 Å². The number of nitrogens with zero attached hydrogens (tertiary/aromatic N) is 3. The summed E-state index contributed by atoms with van der Waals surface area (Å²) in [7, 11) is 0. The van der Waals surface area contributed by atoms with Crippen molar-refractivity contribution in [3.8, 4) is 0 Å². The SMILES string of the molecule is CC(C)(C)CNc1cccc(CN(CCSc2ccccc2)Cc2cccc(NCC(C)(C)C)n2)n1. The van der Waals surface area contributed by atoms with Crippen molar-refractivity contribution in [1.29, 1.82) is 0 Å². The largest absolute Gasteiger partial charge is 0.370 e. The van der Waals surface area contributed by atoms with Crippen LogP contribution in [0.3, 0.4) is 0 Å². The molecular formula is C30H43N5S. The quantitative estimate of drug-likeness (QED) is 0.254. The van der Waals surface area contributed by atoms with E-state index in [1.807, 2.05) is 11.8 Å². The molecule has 6 heteroatoms. The molecule has 0 aliphatic heterocycles. The maximum Gasteiger partial charge on any atom is 0.126 e. The van der Waals surface area contributed by atoms with E-state index in [1.165, 1.54) is 4.90 Å². The fourth-order valence-electron chi connectivity index (χ4n) is 3.53. The van der Waals surface area contributed by atoms with Gasteiger partial charge < -0.3 is 10.6 Å². The lowest BCUT2D eigenvalue weighted by Gasteiger charge is -2.23. The van der Waals surface area contributed by atoms with Crippen molar-refractivity contribution in [3.05, 3.63) is 78.1 Å². The molecule has 0 aliphatic carbocycles. The van der Waals surface area contributed by atoms with Crippen molar-refractivity contribution >= 4 is 23.4 Å². The number of hydrogen-bond donors (Lipinski definition) is 2. The summed E-state index contributed by atoms with van der Waals surface area (Å²) in [5, 5.41) is 6.98. The summed E-state index contributed by atoms with van der Waals surface area (Å²) in [5.74, 6) is 2.88. The van der Waals surface area contributed by atoms with Crippen LogP contribution in [0.25, 0.3) is 0 Å². The first-order valence-corrected chi connectivity index (χ1v) is 13.8. The van der Waals surface area contributed by atoms with Gasteiger partial charge in [0.05, 0.1) is 11.4 Å². The zero-order valence-corrected chi connectivity index (χ0v) is 23.7. The summed E-state index contributed by atoms with van der Waals surface area (Å²) in [5.41, 5.74) is 2.55. The fraction of sp³-hybridized carbons (Fsp3) is 0.467. The van der Waals surface area contributed by atoms with Gasteiger partial charge in [0.25, 0.3) is 0 Å². The highest BCUT2D eigenvalue weighted by Gasteiger charge is 2.14. The summed E-state index contributed by atoms with van der Waals surface area (Å²) >= 11 is 1.89. The third kappa shape index (κ3) is 11.0. The fourth-order valence-corrected chi connectivity index (χ4v) is 4.46. The number of hydrogen-bond acceptors (Lipinski definition) is 6. The summed E-state index contributed by atoms with van der Waals surface area (Å²) in [6, 6.07) is 23.1. The molecule has 5 nitrogen and oxygen atoms in total. The minimum absolute atomic E-state index is 0.204. The summed E-state index contributed by atoms with van der Waals surface area (Å²) in [6.45, 7) is 17.7. The smallest absolute Gasteiger partial charge is 0.126 e. The molecule has 0 radical (unpaired) electrons. The molecule has 1 aromatic carbocycles. The average molecular weight is 506 g/mol. The maximum atomic E-state index is 4.91. The molecule has 0 bridgehead atoms. The van der Waals surface area contributed by atoms with Gasteiger partial charge in [-0.1, -0.05) is 71.9 Å². The number of pyridine rings is 2. The van der Waals surface area contributed by atoms with Crippen molar-refractivity contribution in [2.45, 2.75) is 59.5 Å². The van der Waals surface area contributed by atoms with E-state index in [9.17, 15) is 0 Å². The first kappa shape index (κ1) is 28.0. The molecule has 2 N–H and O–H groups in total. The molecule has 0 saturated heterocycles. The van der Waals surface area contributed by atoms with Crippen molar-refractivity contribution in [2.75, 3.05) is 36.0 Å². The van der Waals surface area contributed by atoms with Crippen LogP contribution in [-0.2, 0) is 13.1 Å². The minimum atomic E-state index is 0.204. The van der Waals surface area contributed by atoms with E-state index < -0.39 is 0 Å². The maximum absolute atomic E-state index is 4.91. The second-order valence-corrected chi connectivity index (χ2v) is 12.9. The zero-order valence-electron chi connectivity index (χ0n) is 22.8. The molecule has 3 aromatic rings. The van der Waals surface area contributed by atoms with Gasteiger partial charge in [-0.2, -0.15) is 0 Å². The molecule has 36 heavy (non-hydrogen) atoms.